The van der Waals surface area contributed by atoms with Gasteiger partial charge in [-0.2, -0.15) is 0 Å². The van der Waals surface area contributed by atoms with Crippen molar-refractivity contribution in [3.05, 3.63) is 102 Å². The molecule has 0 aliphatic heterocycles. The molecule has 32 heavy (non-hydrogen) atoms. The summed E-state index contributed by atoms with van der Waals surface area (Å²) in [7, 11) is -3.75. The lowest BCUT2D eigenvalue weighted by molar-refractivity contribution is -0.120. The van der Waals surface area contributed by atoms with E-state index < -0.39 is 15.3 Å². The Hall–Kier alpha value is -3.20. The zero-order chi connectivity index (χ0) is 22.6. The van der Waals surface area contributed by atoms with E-state index in [0.29, 0.717) is 0 Å². The van der Waals surface area contributed by atoms with Crippen molar-refractivity contribution in [1.82, 2.24) is 10.3 Å². The monoisotopic (exact) mass is 463 g/mol. The van der Waals surface area contributed by atoms with Crippen molar-refractivity contribution in [3.63, 3.8) is 0 Å². The van der Waals surface area contributed by atoms with Crippen molar-refractivity contribution in [2.24, 2.45) is 5.14 Å². The molecule has 1 atom stereocenters. The summed E-state index contributed by atoms with van der Waals surface area (Å²) < 4.78 is 22.8. The van der Waals surface area contributed by atoms with Crippen molar-refractivity contribution in [3.8, 4) is 0 Å². The van der Waals surface area contributed by atoms with Gasteiger partial charge in [0, 0.05) is 11.9 Å². The maximum atomic E-state index is 13.1. The number of carbonyl (C=O) groups is 1. The second-order valence-electron chi connectivity index (χ2n) is 7.16. The molecule has 4 aromatic rings. The highest BCUT2D eigenvalue weighted by molar-refractivity contribution is 8.00. The molecule has 0 saturated carbocycles. The molecule has 1 aromatic heterocycles. The predicted molar refractivity (Wildman–Crippen MR) is 126 cm³/mol. The van der Waals surface area contributed by atoms with E-state index in [0.717, 1.165) is 27.1 Å². The van der Waals surface area contributed by atoms with Crippen LogP contribution in [0.15, 0.2) is 101 Å². The molecule has 4 rings (SSSR count). The van der Waals surface area contributed by atoms with Gasteiger partial charge in [-0.3, -0.25) is 4.79 Å². The molecule has 1 unspecified atom stereocenters. The fourth-order valence-corrected chi connectivity index (χ4v) is 4.75. The number of amides is 1. The normalized spacial score (nSPS) is 12.4. The lowest BCUT2D eigenvalue weighted by atomic mass is 10.1. The average Bonchev–Trinajstić information content (AvgIpc) is 2.81. The van der Waals surface area contributed by atoms with Gasteiger partial charge in [0.1, 0.15) is 5.25 Å². The quantitative estimate of drug-likeness (QED) is 0.403. The van der Waals surface area contributed by atoms with E-state index in [-0.39, 0.29) is 17.3 Å². The summed E-state index contributed by atoms with van der Waals surface area (Å²) in [6.45, 7) is 0.263. The highest BCUT2D eigenvalue weighted by atomic mass is 32.2. The molecule has 1 heterocycles. The standard InChI is InChI=1S/C24H21N3O3S2/c25-32(29,30)20-13-10-17(11-14-20)16-26-24(28)23(19-7-2-1-3-8-19)31-22-15-12-18-6-4-5-9-21(18)27-22/h1-15,23H,16H2,(H,26,28)(H2,25,29,30). The van der Waals surface area contributed by atoms with Crippen LogP contribution in [0.2, 0.25) is 0 Å². The van der Waals surface area contributed by atoms with Crippen LogP contribution in [0.3, 0.4) is 0 Å². The van der Waals surface area contributed by atoms with Crippen LogP contribution in [0, 0.1) is 0 Å². The Morgan fingerprint density at radius 3 is 2.31 bits per heavy atom. The highest BCUT2D eigenvalue weighted by Gasteiger charge is 2.22. The number of sulfonamides is 1. The minimum absolute atomic E-state index is 0.0349. The summed E-state index contributed by atoms with van der Waals surface area (Å²) >= 11 is 1.39. The van der Waals surface area contributed by atoms with Crippen molar-refractivity contribution in [2.75, 3.05) is 0 Å². The van der Waals surface area contributed by atoms with E-state index in [4.69, 9.17) is 5.14 Å². The van der Waals surface area contributed by atoms with E-state index in [2.05, 4.69) is 10.3 Å². The van der Waals surface area contributed by atoms with Crippen LogP contribution in [-0.2, 0) is 21.4 Å². The summed E-state index contributed by atoms with van der Waals surface area (Å²) in [6, 6.07) is 27.4. The van der Waals surface area contributed by atoms with Crippen LogP contribution in [-0.4, -0.2) is 19.3 Å². The van der Waals surface area contributed by atoms with Crippen molar-refractivity contribution in [2.45, 2.75) is 21.7 Å². The van der Waals surface area contributed by atoms with Gasteiger partial charge in [-0.05, 0) is 35.4 Å². The zero-order valence-electron chi connectivity index (χ0n) is 17.0. The first-order chi connectivity index (χ1) is 15.4. The molecule has 0 fully saturated rings. The molecule has 3 aromatic carbocycles. The smallest absolute Gasteiger partial charge is 0.238 e. The van der Waals surface area contributed by atoms with Crippen LogP contribution in [0.25, 0.3) is 10.9 Å². The molecule has 6 nitrogen and oxygen atoms in total. The summed E-state index contributed by atoms with van der Waals surface area (Å²) in [5.41, 5.74) is 2.51. The Bertz CT molecular complexity index is 1340. The molecule has 3 N–H and O–H groups in total. The zero-order valence-corrected chi connectivity index (χ0v) is 18.6. The number of hydrogen-bond donors (Lipinski definition) is 2. The summed E-state index contributed by atoms with van der Waals surface area (Å²) in [6.07, 6.45) is 0. The minimum Gasteiger partial charge on any atom is -0.351 e. The third kappa shape index (κ3) is 5.34. The molecule has 0 bridgehead atoms. The third-order valence-electron chi connectivity index (χ3n) is 4.87. The van der Waals surface area contributed by atoms with Crippen LogP contribution >= 0.6 is 11.8 Å². The number of pyridine rings is 1. The third-order valence-corrected chi connectivity index (χ3v) is 6.99. The van der Waals surface area contributed by atoms with Crippen LogP contribution in [0.4, 0.5) is 0 Å². The van der Waals surface area contributed by atoms with Crippen molar-refractivity contribution in [1.29, 1.82) is 0 Å². The van der Waals surface area contributed by atoms with Gasteiger partial charge >= 0.3 is 0 Å². The van der Waals surface area contributed by atoms with Gasteiger partial charge in [-0.1, -0.05) is 78.5 Å². The largest absolute Gasteiger partial charge is 0.351 e. The van der Waals surface area contributed by atoms with E-state index in [9.17, 15) is 13.2 Å². The van der Waals surface area contributed by atoms with Gasteiger partial charge in [0.15, 0.2) is 0 Å². The lowest BCUT2D eigenvalue weighted by Gasteiger charge is -2.17. The van der Waals surface area contributed by atoms with Gasteiger partial charge in [0.2, 0.25) is 15.9 Å². The summed E-state index contributed by atoms with van der Waals surface area (Å²) in [5, 5.41) is 9.38. The molecule has 0 aliphatic carbocycles. The number of benzene rings is 3. The number of nitrogens with two attached hydrogens (primary N) is 1. The molecule has 0 saturated heterocycles. The van der Waals surface area contributed by atoms with E-state index in [1.54, 1.807) is 12.1 Å². The lowest BCUT2D eigenvalue weighted by Crippen LogP contribution is -2.27. The number of nitrogens with one attached hydrogen (secondary N) is 1. The Labute approximate surface area is 190 Å². The minimum atomic E-state index is -3.75. The molecule has 1 amide bonds. The molecule has 0 radical (unpaired) electrons. The van der Waals surface area contributed by atoms with Crippen molar-refractivity contribution < 1.29 is 13.2 Å². The molecule has 0 spiro atoms. The number of para-hydroxylation sites is 1. The van der Waals surface area contributed by atoms with Gasteiger partial charge < -0.3 is 5.32 Å². The Morgan fingerprint density at radius 2 is 1.59 bits per heavy atom. The number of aromatic nitrogens is 1. The van der Waals surface area contributed by atoms with Gasteiger partial charge in [0.05, 0.1) is 15.4 Å². The fraction of sp³-hybridized carbons (Fsp3) is 0.0833. The number of carbonyl (C=O) groups excluding carboxylic acids is 1. The maximum absolute atomic E-state index is 13.1. The second kappa shape index (κ2) is 9.52. The Balaban J connectivity index is 1.52. The second-order valence-corrected chi connectivity index (χ2v) is 9.84. The number of thioether (sulfide) groups is 1. The number of hydrogen-bond acceptors (Lipinski definition) is 5. The van der Waals surface area contributed by atoms with Gasteiger partial charge in [-0.15, -0.1) is 0 Å². The summed E-state index contributed by atoms with van der Waals surface area (Å²) in [5.74, 6) is -0.160. The topological polar surface area (TPSA) is 102 Å². The number of nitrogens with zero attached hydrogens (tertiary/aromatic N) is 1. The molecule has 8 heteroatoms. The van der Waals surface area contributed by atoms with Crippen LogP contribution < -0.4 is 10.5 Å². The Morgan fingerprint density at radius 1 is 0.906 bits per heavy atom. The van der Waals surface area contributed by atoms with E-state index in [1.165, 1.54) is 23.9 Å². The first kappa shape index (κ1) is 22.0. The van der Waals surface area contributed by atoms with Gasteiger partial charge in [-0.25, -0.2) is 18.5 Å². The van der Waals surface area contributed by atoms with Crippen LogP contribution in [0.1, 0.15) is 16.4 Å². The number of fused-ring (bicyclic) bond motifs is 1. The summed E-state index contributed by atoms with van der Waals surface area (Å²) in [4.78, 5) is 17.9. The first-order valence-electron chi connectivity index (χ1n) is 9.87. The first-order valence-corrected chi connectivity index (χ1v) is 12.3. The predicted octanol–water partition coefficient (Wildman–Crippen LogP) is 4.03. The molecular formula is C24H21N3O3S2. The molecule has 162 valence electrons. The SMILES string of the molecule is NS(=O)(=O)c1ccc(CNC(=O)C(Sc2ccc3ccccc3n2)c2ccccc2)cc1. The molecular weight excluding hydrogens is 442 g/mol. The average molecular weight is 464 g/mol. The van der Waals surface area contributed by atoms with E-state index >= 15 is 0 Å². The van der Waals surface area contributed by atoms with Gasteiger partial charge in [0.25, 0.3) is 0 Å². The maximum Gasteiger partial charge on any atom is 0.238 e. The number of primary sulfonamides is 1. The Kier molecular flexibility index (Phi) is 6.55. The number of rotatable bonds is 7. The van der Waals surface area contributed by atoms with Crippen molar-refractivity contribution >= 4 is 38.6 Å². The van der Waals surface area contributed by atoms with E-state index in [1.807, 2.05) is 66.7 Å². The van der Waals surface area contributed by atoms with Crippen LogP contribution in [0.5, 0.6) is 0 Å². The fourth-order valence-electron chi connectivity index (χ4n) is 3.21. The highest BCUT2D eigenvalue weighted by Crippen LogP contribution is 2.35. The molecule has 0 aliphatic rings.